The fraction of sp³-hybridized carbons (Fsp3) is 0.273. The third-order valence-electron chi connectivity index (χ3n) is 5.26. The van der Waals surface area contributed by atoms with Crippen molar-refractivity contribution in [2.75, 3.05) is 13.1 Å². The molecule has 6 heteroatoms. The molecule has 0 spiro atoms. The Morgan fingerprint density at radius 3 is 2.96 bits per heavy atom. The van der Waals surface area contributed by atoms with Crippen molar-refractivity contribution in [2.24, 2.45) is 10.7 Å². The van der Waals surface area contributed by atoms with Gasteiger partial charge in [0.15, 0.2) is 0 Å². The second kappa shape index (κ2) is 7.63. The maximum atomic E-state index is 9.50. The number of nitriles is 1. The highest BCUT2D eigenvalue weighted by atomic mass is 32.1. The number of rotatable bonds is 3. The Morgan fingerprint density at radius 1 is 1.39 bits per heavy atom. The summed E-state index contributed by atoms with van der Waals surface area (Å²) >= 11 is 1.63. The van der Waals surface area contributed by atoms with Gasteiger partial charge in [-0.05, 0) is 24.5 Å². The molecule has 142 valence electrons. The van der Waals surface area contributed by atoms with Crippen LogP contribution in [0.4, 0.5) is 5.69 Å². The van der Waals surface area contributed by atoms with Crippen molar-refractivity contribution >= 4 is 34.8 Å². The van der Waals surface area contributed by atoms with E-state index in [1.165, 1.54) is 0 Å². The standard InChI is InChI=1S/C22H23N5S/c1-3-16-14-28-21-15(2)27(12-18-8-5-4-7-17(18)11-23)22(25-20(16)21)26-10-6-9-19(24)13-26/h3-5,7-8,14,19H,1-2,6,9-10,12-13,24H2/t19-/m1/s1. The summed E-state index contributed by atoms with van der Waals surface area (Å²) in [4.78, 5) is 10.5. The molecule has 3 heterocycles. The first-order chi connectivity index (χ1) is 13.6. The maximum absolute atomic E-state index is 9.50. The summed E-state index contributed by atoms with van der Waals surface area (Å²) in [7, 11) is 0. The molecule has 1 saturated heterocycles. The number of piperidine rings is 1. The highest BCUT2D eigenvalue weighted by molar-refractivity contribution is 7.12. The number of fused-ring (bicyclic) bond motifs is 1. The van der Waals surface area contributed by atoms with Crippen molar-refractivity contribution in [3.63, 3.8) is 0 Å². The molecule has 1 aromatic heterocycles. The fourth-order valence-corrected chi connectivity index (χ4v) is 4.74. The molecule has 0 radical (unpaired) electrons. The molecule has 2 aliphatic heterocycles. The van der Waals surface area contributed by atoms with Gasteiger partial charge < -0.3 is 15.5 Å². The lowest BCUT2D eigenvalue weighted by Crippen LogP contribution is -2.51. The van der Waals surface area contributed by atoms with Crippen molar-refractivity contribution < 1.29 is 0 Å². The normalized spacial score (nSPS) is 19.1. The van der Waals surface area contributed by atoms with Crippen LogP contribution in [0.1, 0.15) is 34.4 Å². The molecule has 0 aliphatic carbocycles. The predicted octanol–water partition coefficient (Wildman–Crippen LogP) is 4.16. The van der Waals surface area contributed by atoms with Crippen LogP contribution in [0.2, 0.25) is 0 Å². The van der Waals surface area contributed by atoms with Gasteiger partial charge in [-0.25, -0.2) is 4.99 Å². The number of thiophene rings is 1. The first kappa shape index (κ1) is 18.5. The van der Waals surface area contributed by atoms with Gasteiger partial charge in [0.2, 0.25) is 5.96 Å². The Kier molecular flexibility index (Phi) is 5.03. The minimum atomic E-state index is 0.140. The summed E-state index contributed by atoms with van der Waals surface area (Å²) in [6.45, 7) is 10.5. The van der Waals surface area contributed by atoms with E-state index in [2.05, 4.69) is 34.4 Å². The lowest BCUT2D eigenvalue weighted by Gasteiger charge is -2.40. The van der Waals surface area contributed by atoms with Crippen LogP contribution < -0.4 is 5.73 Å². The third-order valence-corrected chi connectivity index (χ3v) is 6.30. The molecule has 0 unspecified atom stereocenters. The van der Waals surface area contributed by atoms with Crippen LogP contribution in [0.5, 0.6) is 0 Å². The van der Waals surface area contributed by atoms with E-state index in [0.29, 0.717) is 12.1 Å². The number of hydrogen-bond donors (Lipinski definition) is 1. The van der Waals surface area contributed by atoms with Crippen LogP contribution in [-0.2, 0) is 6.54 Å². The first-order valence-corrected chi connectivity index (χ1v) is 10.3. The molecule has 0 bridgehead atoms. The molecule has 1 fully saturated rings. The highest BCUT2D eigenvalue weighted by Gasteiger charge is 2.32. The molecule has 4 rings (SSSR count). The molecule has 2 aromatic rings. The fourth-order valence-electron chi connectivity index (χ4n) is 3.77. The molecule has 2 N–H and O–H groups in total. The zero-order valence-electron chi connectivity index (χ0n) is 15.8. The van der Waals surface area contributed by atoms with E-state index in [-0.39, 0.29) is 6.04 Å². The summed E-state index contributed by atoms with van der Waals surface area (Å²) < 4.78 is 0. The van der Waals surface area contributed by atoms with Crippen molar-refractivity contribution in [3.8, 4) is 6.07 Å². The number of hydrogen-bond acceptors (Lipinski definition) is 6. The average molecular weight is 390 g/mol. The molecule has 1 atom stereocenters. The maximum Gasteiger partial charge on any atom is 0.206 e. The summed E-state index contributed by atoms with van der Waals surface area (Å²) in [6, 6.07) is 10.1. The van der Waals surface area contributed by atoms with E-state index >= 15 is 0 Å². The number of aliphatic imine (C=N–C) groups is 1. The smallest absolute Gasteiger partial charge is 0.206 e. The van der Waals surface area contributed by atoms with Gasteiger partial charge in [0, 0.05) is 30.1 Å². The number of guanidine groups is 1. The Labute approximate surface area is 169 Å². The van der Waals surface area contributed by atoms with E-state index in [0.717, 1.165) is 59.3 Å². The quantitative estimate of drug-likeness (QED) is 0.856. The minimum Gasteiger partial charge on any atom is -0.341 e. The summed E-state index contributed by atoms with van der Waals surface area (Å²) in [5.74, 6) is 0.863. The zero-order chi connectivity index (χ0) is 19.7. The topological polar surface area (TPSA) is 68.7 Å². The van der Waals surface area contributed by atoms with E-state index < -0.39 is 0 Å². The summed E-state index contributed by atoms with van der Waals surface area (Å²) in [5, 5.41) is 11.6. The Hall–Kier alpha value is -2.88. The van der Waals surface area contributed by atoms with Gasteiger partial charge in [-0.15, -0.1) is 11.3 Å². The minimum absolute atomic E-state index is 0.140. The Morgan fingerprint density at radius 2 is 2.21 bits per heavy atom. The van der Waals surface area contributed by atoms with Gasteiger partial charge >= 0.3 is 0 Å². The van der Waals surface area contributed by atoms with Gasteiger partial charge in [-0.3, -0.25) is 0 Å². The van der Waals surface area contributed by atoms with Gasteiger partial charge in [-0.1, -0.05) is 37.4 Å². The molecule has 28 heavy (non-hydrogen) atoms. The lowest BCUT2D eigenvalue weighted by atomic mass is 10.1. The van der Waals surface area contributed by atoms with Crippen LogP contribution >= 0.6 is 11.3 Å². The molecular weight excluding hydrogens is 366 g/mol. The van der Waals surface area contributed by atoms with Crippen LogP contribution in [0, 0.1) is 11.3 Å². The van der Waals surface area contributed by atoms with E-state index in [1.807, 2.05) is 30.3 Å². The SMILES string of the molecule is C=Cc1csc2c1N=C(N1CCC[C@@H](N)C1)N(Cc1ccccc1C#N)C2=C. The third kappa shape index (κ3) is 3.24. The van der Waals surface area contributed by atoms with Crippen molar-refractivity contribution in [2.45, 2.75) is 25.4 Å². The van der Waals surface area contributed by atoms with Gasteiger partial charge in [0.25, 0.3) is 0 Å². The zero-order valence-corrected chi connectivity index (χ0v) is 16.6. The molecule has 0 amide bonds. The molecule has 5 nitrogen and oxygen atoms in total. The van der Waals surface area contributed by atoms with Crippen LogP contribution in [-0.4, -0.2) is 34.9 Å². The average Bonchev–Trinajstić information content (AvgIpc) is 3.13. The largest absolute Gasteiger partial charge is 0.341 e. The molecule has 2 aliphatic rings. The van der Waals surface area contributed by atoms with Crippen LogP contribution in [0.15, 0.2) is 47.8 Å². The monoisotopic (exact) mass is 389 g/mol. The molecule has 1 aromatic carbocycles. The van der Waals surface area contributed by atoms with Crippen molar-refractivity contribution in [1.29, 1.82) is 5.26 Å². The van der Waals surface area contributed by atoms with E-state index in [4.69, 9.17) is 10.7 Å². The number of benzene rings is 1. The lowest BCUT2D eigenvalue weighted by molar-refractivity contribution is 0.281. The van der Waals surface area contributed by atoms with E-state index in [9.17, 15) is 5.26 Å². The van der Waals surface area contributed by atoms with Crippen LogP contribution in [0.3, 0.4) is 0 Å². The Bertz CT molecular complexity index is 997. The van der Waals surface area contributed by atoms with Gasteiger partial charge in [-0.2, -0.15) is 5.26 Å². The second-order valence-electron chi connectivity index (χ2n) is 7.13. The first-order valence-electron chi connectivity index (χ1n) is 9.40. The second-order valence-corrected chi connectivity index (χ2v) is 8.01. The molecule has 0 saturated carbocycles. The molecular formula is C22H23N5S. The van der Waals surface area contributed by atoms with Gasteiger partial charge in [0.05, 0.1) is 34.4 Å². The highest BCUT2D eigenvalue weighted by Crippen LogP contribution is 2.42. The van der Waals surface area contributed by atoms with Crippen molar-refractivity contribution in [3.05, 3.63) is 64.4 Å². The van der Waals surface area contributed by atoms with Gasteiger partial charge in [0.1, 0.15) is 0 Å². The summed E-state index contributed by atoms with van der Waals surface area (Å²) in [6.07, 6.45) is 3.91. The Balaban J connectivity index is 1.78. The van der Waals surface area contributed by atoms with Crippen molar-refractivity contribution in [1.82, 2.24) is 9.80 Å². The summed E-state index contributed by atoms with van der Waals surface area (Å²) in [5.41, 5.74) is 10.7. The number of nitrogens with zero attached hydrogens (tertiary/aromatic N) is 4. The van der Waals surface area contributed by atoms with E-state index in [1.54, 1.807) is 11.3 Å². The van der Waals surface area contributed by atoms with Crippen LogP contribution in [0.25, 0.3) is 11.8 Å². The number of nitrogens with two attached hydrogens (primary N) is 1. The predicted molar refractivity (Wildman–Crippen MR) is 116 cm³/mol. The number of likely N-dealkylation sites (tertiary alicyclic amines) is 1.